The number of rotatable bonds is 34. The lowest BCUT2D eigenvalue weighted by atomic mass is 10.0. The molecule has 0 rings (SSSR count). The van der Waals surface area contributed by atoms with Crippen LogP contribution in [0.3, 0.4) is 0 Å². The molecule has 4 nitrogen and oxygen atoms in total. The zero-order valence-corrected chi connectivity index (χ0v) is 29.4. The second-order valence-corrected chi connectivity index (χ2v) is 13.0. The lowest BCUT2D eigenvalue weighted by Gasteiger charge is -2.19. The van der Waals surface area contributed by atoms with Crippen LogP contribution in [-0.4, -0.2) is 34.9 Å². The number of carbonyl (C=O) groups excluding carboxylic acids is 1. The fourth-order valence-corrected chi connectivity index (χ4v) is 5.60. The van der Waals surface area contributed by atoms with E-state index >= 15 is 0 Å². The van der Waals surface area contributed by atoms with Crippen molar-refractivity contribution in [3.05, 3.63) is 36.5 Å². The molecule has 0 aliphatic carbocycles. The fourth-order valence-electron chi connectivity index (χ4n) is 5.60. The number of carbonyl (C=O) groups is 1. The summed E-state index contributed by atoms with van der Waals surface area (Å²) in [6, 6.07) is -0.634. The predicted octanol–water partition coefficient (Wildman–Crippen LogP) is 11.5. The van der Waals surface area contributed by atoms with Crippen LogP contribution in [0.2, 0.25) is 0 Å². The number of nitrogens with one attached hydrogen (secondary N) is 1. The van der Waals surface area contributed by atoms with E-state index in [0.29, 0.717) is 6.42 Å². The number of aliphatic hydroxyl groups excluding tert-OH is 2. The first-order chi connectivity index (χ1) is 21.7. The van der Waals surface area contributed by atoms with Gasteiger partial charge in [-0.25, -0.2) is 0 Å². The molecule has 0 saturated carbocycles. The molecule has 0 aromatic carbocycles. The van der Waals surface area contributed by atoms with E-state index in [1.54, 1.807) is 6.08 Å². The molecule has 0 unspecified atom stereocenters. The molecule has 0 spiro atoms. The quantitative estimate of drug-likeness (QED) is 0.0497. The summed E-state index contributed by atoms with van der Waals surface area (Å²) < 4.78 is 0. The number of allylic oxidation sites excluding steroid dienone is 5. The topological polar surface area (TPSA) is 69.6 Å². The summed E-state index contributed by atoms with van der Waals surface area (Å²) in [5, 5.41) is 22.8. The van der Waals surface area contributed by atoms with E-state index in [4.69, 9.17) is 0 Å². The Morgan fingerprint density at radius 3 is 1.36 bits per heavy atom. The van der Waals surface area contributed by atoms with Gasteiger partial charge in [0.15, 0.2) is 0 Å². The first kappa shape index (κ1) is 42.6. The SMILES string of the molecule is CCCCC/C=C/CC/C=C/[C@@H](O)[C@H](CO)NC(=O)CCCCCCCCCCCCCCC/C=C/CCCCCCCC. The van der Waals surface area contributed by atoms with Crippen molar-refractivity contribution in [3.8, 4) is 0 Å². The van der Waals surface area contributed by atoms with Gasteiger partial charge in [-0.05, 0) is 57.8 Å². The van der Waals surface area contributed by atoms with E-state index in [9.17, 15) is 15.0 Å². The van der Waals surface area contributed by atoms with Crippen LogP contribution in [0, 0.1) is 0 Å². The predicted molar refractivity (Wildman–Crippen MR) is 193 cm³/mol. The lowest BCUT2D eigenvalue weighted by Crippen LogP contribution is -2.45. The zero-order chi connectivity index (χ0) is 32.2. The normalized spacial score (nSPS) is 13.5. The largest absolute Gasteiger partial charge is 0.394 e. The van der Waals surface area contributed by atoms with Gasteiger partial charge in [0.25, 0.3) is 0 Å². The summed E-state index contributed by atoms with van der Waals surface area (Å²) in [6.07, 6.45) is 46.8. The number of aliphatic hydroxyl groups is 2. The Bertz CT molecular complexity index is 672. The number of unbranched alkanes of at least 4 members (excludes halogenated alkanes) is 23. The maximum absolute atomic E-state index is 12.3. The molecule has 258 valence electrons. The Balaban J connectivity index is 3.52. The highest BCUT2D eigenvalue weighted by Crippen LogP contribution is 2.14. The molecule has 0 aliphatic heterocycles. The van der Waals surface area contributed by atoms with Gasteiger partial charge in [0.05, 0.1) is 18.8 Å². The summed E-state index contributed by atoms with van der Waals surface area (Å²) >= 11 is 0. The van der Waals surface area contributed by atoms with Crippen molar-refractivity contribution in [2.45, 2.75) is 206 Å². The van der Waals surface area contributed by atoms with Crippen molar-refractivity contribution in [1.29, 1.82) is 0 Å². The maximum atomic E-state index is 12.3. The molecule has 44 heavy (non-hydrogen) atoms. The highest BCUT2D eigenvalue weighted by atomic mass is 16.3. The van der Waals surface area contributed by atoms with Crippen LogP contribution in [-0.2, 0) is 4.79 Å². The van der Waals surface area contributed by atoms with Crippen LogP contribution in [0.5, 0.6) is 0 Å². The molecular formula is C40H75NO3. The Hall–Kier alpha value is -1.39. The second-order valence-electron chi connectivity index (χ2n) is 13.0. The molecule has 0 bridgehead atoms. The van der Waals surface area contributed by atoms with Crippen molar-refractivity contribution >= 4 is 5.91 Å². The van der Waals surface area contributed by atoms with Gasteiger partial charge in [-0.2, -0.15) is 0 Å². The van der Waals surface area contributed by atoms with Crippen LogP contribution in [0.4, 0.5) is 0 Å². The van der Waals surface area contributed by atoms with E-state index in [0.717, 1.165) is 32.1 Å². The van der Waals surface area contributed by atoms with Crippen molar-refractivity contribution in [3.63, 3.8) is 0 Å². The lowest BCUT2D eigenvalue weighted by molar-refractivity contribution is -0.123. The van der Waals surface area contributed by atoms with E-state index in [1.165, 1.54) is 141 Å². The summed E-state index contributed by atoms with van der Waals surface area (Å²) in [5.74, 6) is -0.0773. The monoisotopic (exact) mass is 618 g/mol. The minimum absolute atomic E-state index is 0.0773. The molecule has 0 heterocycles. The van der Waals surface area contributed by atoms with E-state index in [-0.39, 0.29) is 12.5 Å². The van der Waals surface area contributed by atoms with Crippen molar-refractivity contribution < 1.29 is 15.0 Å². The third-order valence-electron chi connectivity index (χ3n) is 8.60. The van der Waals surface area contributed by atoms with E-state index in [1.807, 2.05) is 6.08 Å². The molecule has 4 heteroatoms. The molecule has 0 fully saturated rings. The van der Waals surface area contributed by atoms with Crippen LogP contribution in [0.15, 0.2) is 36.5 Å². The Labute approximate surface area is 274 Å². The van der Waals surface area contributed by atoms with Gasteiger partial charge in [-0.1, -0.05) is 166 Å². The smallest absolute Gasteiger partial charge is 0.220 e. The summed E-state index contributed by atoms with van der Waals surface area (Å²) in [7, 11) is 0. The van der Waals surface area contributed by atoms with Crippen LogP contribution in [0.1, 0.15) is 194 Å². The maximum Gasteiger partial charge on any atom is 0.220 e. The molecule has 2 atom stereocenters. The molecule has 3 N–H and O–H groups in total. The van der Waals surface area contributed by atoms with Crippen molar-refractivity contribution in [1.82, 2.24) is 5.32 Å². The molecule has 0 saturated heterocycles. The third kappa shape index (κ3) is 32.0. The number of hydrogen-bond donors (Lipinski definition) is 3. The van der Waals surface area contributed by atoms with E-state index in [2.05, 4.69) is 43.5 Å². The Morgan fingerprint density at radius 1 is 0.523 bits per heavy atom. The van der Waals surface area contributed by atoms with Crippen molar-refractivity contribution in [2.24, 2.45) is 0 Å². The van der Waals surface area contributed by atoms with Crippen LogP contribution >= 0.6 is 0 Å². The number of amides is 1. The molecule has 0 aromatic rings. The summed E-state index contributed by atoms with van der Waals surface area (Å²) in [4.78, 5) is 12.3. The van der Waals surface area contributed by atoms with Crippen LogP contribution in [0.25, 0.3) is 0 Å². The molecule has 0 aliphatic rings. The number of hydrogen-bond acceptors (Lipinski definition) is 3. The van der Waals surface area contributed by atoms with Crippen LogP contribution < -0.4 is 5.32 Å². The van der Waals surface area contributed by atoms with Gasteiger partial charge in [0, 0.05) is 6.42 Å². The van der Waals surface area contributed by atoms with E-state index < -0.39 is 12.1 Å². The van der Waals surface area contributed by atoms with Gasteiger partial charge in [0.2, 0.25) is 5.91 Å². The molecule has 0 aromatic heterocycles. The average Bonchev–Trinajstić information content (AvgIpc) is 3.03. The molecule has 1 amide bonds. The minimum Gasteiger partial charge on any atom is -0.394 e. The van der Waals surface area contributed by atoms with Gasteiger partial charge >= 0.3 is 0 Å². The average molecular weight is 618 g/mol. The van der Waals surface area contributed by atoms with Crippen molar-refractivity contribution in [2.75, 3.05) is 6.61 Å². The fraction of sp³-hybridized carbons (Fsp3) is 0.825. The highest BCUT2D eigenvalue weighted by Gasteiger charge is 2.17. The third-order valence-corrected chi connectivity index (χ3v) is 8.60. The van der Waals surface area contributed by atoms with Gasteiger partial charge < -0.3 is 15.5 Å². The Morgan fingerprint density at radius 2 is 0.886 bits per heavy atom. The van der Waals surface area contributed by atoms with Gasteiger partial charge in [0.1, 0.15) is 0 Å². The first-order valence-electron chi connectivity index (χ1n) is 19.2. The Kier molecular flexibility index (Phi) is 34.9. The standard InChI is InChI=1S/C40H75NO3/c1-3-5-7-9-11-13-14-15-16-17-18-19-20-21-22-23-24-25-26-28-30-32-34-36-40(44)41-38(37-42)39(43)35-33-31-29-27-12-10-8-6-4-2/h12,15-16,27,33,35,38-39,42-43H,3-11,13-14,17-26,28-32,34,36-37H2,1-2H3,(H,41,44)/b16-15+,27-12+,35-33+/t38-,39+/m0/s1. The first-order valence-corrected chi connectivity index (χ1v) is 19.2. The summed E-state index contributed by atoms with van der Waals surface area (Å²) in [6.45, 7) is 4.24. The zero-order valence-electron chi connectivity index (χ0n) is 29.4. The summed E-state index contributed by atoms with van der Waals surface area (Å²) in [5.41, 5.74) is 0. The molecular weight excluding hydrogens is 542 g/mol. The highest BCUT2D eigenvalue weighted by molar-refractivity contribution is 5.76. The molecule has 0 radical (unpaired) electrons. The second kappa shape index (κ2) is 36.1. The van der Waals surface area contributed by atoms with Gasteiger partial charge in [-0.3, -0.25) is 4.79 Å². The minimum atomic E-state index is -0.857. The van der Waals surface area contributed by atoms with Gasteiger partial charge in [-0.15, -0.1) is 0 Å².